The lowest BCUT2D eigenvalue weighted by Gasteiger charge is -2.02. The lowest BCUT2D eigenvalue weighted by atomic mass is 10.3. The third-order valence-corrected chi connectivity index (χ3v) is 6.19. The predicted octanol–water partition coefficient (Wildman–Crippen LogP) is 3.67. The monoisotopic (exact) mass is 382 g/mol. The molecule has 5 nitrogen and oxygen atoms in total. The van der Waals surface area contributed by atoms with Crippen LogP contribution in [0.2, 0.25) is 5.02 Å². The molecule has 126 valence electrons. The molecule has 0 saturated heterocycles. The number of aromatic nitrogens is 1. The van der Waals surface area contributed by atoms with E-state index in [4.69, 9.17) is 16.3 Å². The minimum atomic E-state index is -3.80. The normalized spacial score (nSPS) is 12.7. The van der Waals surface area contributed by atoms with Crippen LogP contribution in [0.4, 0.5) is 0 Å². The first-order chi connectivity index (χ1) is 11.4. The van der Waals surface area contributed by atoms with Gasteiger partial charge in [-0.2, -0.15) is 8.42 Å². The van der Waals surface area contributed by atoms with Crippen molar-refractivity contribution in [3.05, 3.63) is 52.3 Å². The summed E-state index contributed by atoms with van der Waals surface area (Å²) in [5.74, 6) is 0.592. The van der Waals surface area contributed by atoms with E-state index in [1.165, 1.54) is 30.6 Å². The highest BCUT2D eigenvalue weighted by molar-refractivity contribution is 7.90. The molecule has 24 heavy (non-hydrogen) atoms. The van der Waals surface area contributed by atoms with Crippen molar-refractivity contribution in [3.8, 4) is 5.75 Å². The van der Waals surface area contributed by atoms with E-state index in [2.05, 4.69) is 4.40 Å². The van der Waals surface area contributed by atoms with Crippen LogP contribution in [-0.2, 0) is 16.6 Å². The first-order valence-electron chi connectivity index (χ1n) is 7.18. The number of fused-ring (bicyclic) bond motifs is 1. The van der Waals surface area contributed by atoms with Gasteiger partial charge in [0.2, 0.25) is 4.80 Å². The van der Waals surface area contributed by atoms with Crippen molar-refractivity contribution in [2.24, 2.45) is 4.40 Å². The molecule has 0 aliphatic heterocycles. The molecule has 0 saturated carbocycles. The molecule has 0 fully saturated rings. The number of hydrogen-bond acceptors (Lipinski definition) is 4. The minimum absolute atomic E-state index is 0.126. The summed E-state index contributed by atoms with van der Waals surface area (Å²) in [6, 6.07) is 11.6. The summed E-state index contributed by atoms with van der Waals surface area (Å²) in [7, 11) is -2.27. The summed E-state index contributed by atoms with van der Waals surface area (Å²) < 4.78 is 37.0. The lowest BCUT2D eigenvalue weighted by Crippen LogP contribution is -2.16. The zero-order valence-electron chi connectivity index (χ0n) is 13.1. The van der Waals surface area contributed by atoms with Crippen LogP contribution < -0.4 is 9.54 Å². The third-order valence-electron chi connectivity index (χ3n) is 3.52. The van der Waals surface area contributed by atoms with Crippen molar-refractivity contribution in [1.82, 2.24) is 4.57 Å². The van der Waals surface area contributed by atoms with Crippen LogP contribution in [0.3, 0.4) is 0 Å². The number of ether oxygens (including phenoxy) is 1. The second-order valence-electron chi connectivity index (χ2n) is 4.98. The topological polar surface area (TPSA) is 60.7 Å². The van der Waals surface area contributed by atoms with Gasteiger partial charge in [-0.25, -0.2) is 0 Å². The van der Waals surface area contributed by atoms with Crippen molar-refractivity contribution in [1.29, 1.82) is 0 Å². The second kappa shape index (κ2) is 6.58. The van der Waals surface area contributed by atoms with Crippen LogP contribution in [0.25, 0.3) is 10.2 Å². The number of sulfonamides is 1. The molecular weight excluding hydrogens is 368 g/mol. The van der Waals surface area contributed by atoms with Crippen LogP contribution in [-0.4, -0.2) is 20.1 Å². The van der Waals surface area contributed by atoms with Gasteiger partial charge in [0.1, 0.15) is 5.75 Å². The summed E-state index contributed by atoms with van der Waals surface area (Å²) in [5, 5.41) is 0.608. The molecule has 0 radical (unpaired) electrons. The Kier molecular flexibility index (Phi) is 4.67. The van der Waals surface area contributed by atoms with Crippen molar-refractivity contribution in [2.45, 2.75) is 18.4 Å². The lowest BCUT2D eigenvalue weighted by molar-refractivity contribution is 0.414. The van der Waals surface area contributed by atoms with E-state index >= 15 is 0 Å². The van der Waals surface area contributed by atoms with E-state index in [1.54, 1.807) is 18.2 Å². The maximum absolute atomic E-state index is 12.6. The number of nitrogens with zero attached hydrogens (tertiary/aromatic N) is 2. The van der Waals surface area contributed by atoms with Crippen LogP contribution in [0.15, 0.2) is 51.8 Å². The van der Waals surface area contributed by atoms with E-state index in [0.717, 1.165) is 10.2 Å². The Balaban J connectivity index is 2.17. The zero-order valence-corrected chi connectivity index (χ0v) is 15.5. The predicted molar refractivity (Wildman–Crippen MR) is 96.2 cm³/mol. The molecule has 2 aromatic carbocycles. The Morgan fingerprint density at radius 3 is 2.54 bits per heavy atom. The highest BCUT2D eigenvalue weighted by atomic mass is 35.5. The average Bonchev–Trinajstić information content (AvgIpc) is 2.90. The Morgan fingerprint density at radius 1 is 1.21 bits per heavy atom. The quantitative estimate of drug-likeness (QED) is 0.691. The Bertz CT molecular complexity index is 1050. The standard InChI is InChI=1S/C16H15ClN2O3S2/c1-3-19-14-9-4-11(17)10-15(14)23-16(19)18-24(20,21)13-7-5-12(22-2)6-8-13/h4-10H,3H2,1-2H3/b18-16-. The van der Waals surface area contributed by atoms with Gasteiger partial charge < -0.3 is 9.30 Å². The molecule has 1 aromatic heterocycles. The third kappa shape index (κ3) is 3.19. The number of thiazole rings is 1. The minimum Gasteiger partial charge on any atom is -0.497 e. The molecule has 0 unspecified atom stereocenters. The SMILES string of the molecule is CCn1/c(=N/S(=O)(=O)c2ccc(OC)cc2)sc2cc(Cl)ccc21. The van der Waals surface area contributed by atoms with Gasteiger partial charge in [-0.3, -0.25) is 0 Å². The second-order valence-corrected chi connectivity index (χ2v) is 8.03. The van der Waals surface area contributed by atoms with Gasteiger partial charge >= 0.3 is 0 Å². The summed E-state index contributed by atoms with van der Waals surface area (Å²) in [4.78, 5) is 0.548. The average molecular weight is 383 g/mol. The summed E-state index contributed by atoms with van der Waals surface area (Å²) in [6.45, 7) is 2.55. The molecule has 0 spiro atoms. The van der Waals surface area contributed by atoms with E-state index in [-0.39, 0.29) is 4.90 Å². The van der Waals surface area contributed by atoms with Gasteiger partial charge in [-0.05, 0) is 49.4 Å². The number of rotatable bonds is 4. The largest absolute Gasteiger partial charge is 0.497 e. The smallest absolute Gasteiger partial charge is 0.285 e. The van der Waals surface area contributed by atoms with Gasteiger partial charge in [-0.15, -0.1) is 4.40 Å². The number of aryl methyl sites for hydroxylation is 1. The molecule has 0 bridgehead atoms. The highest BCUT2D eigenvalue weighted by Gasteiger charge is 2.14. The fourth-order valence-electron chi connectivity index (χ4n) is 2.33. The van der Waals surface area contributed by atoms with Gasteiger partial charge in [-0.1, -0.05) is 22.9 Å². The maximum Gasteiger partial charge on any atom is 0.285 e. The zero-order chi connectivity index (χ0) is 17.3. The van der Waals surface area contributed by atoms with Gasteiger partial charge in [0, 0.05) is 11.6 Å². The maximum atomic E-state index is 12.6. The fraction of sp³-hybridized carbons (Fsp3) is 0.188. The van der Waals surface area contributed by atoms with E-state index in [9.17, 15) is 8.42 Å². The highest BCUT2D eigenvalue weighted by Crippen LogP contribution is 2.23. The molecule has 3 aromatic rings. The van der Waals surface area contributed by atoms with Gasteiger partial charge in [0.15, 0.2) is 0 Å². The van der Waals surface area contributed by atoms with Crippen LogP contribution >= 0.6 is 22.9 Å². The van der Waals surface area contributed by atoms with Gasteiger partial charge in [0.05, 0.1) is 22.2 Å². The van der Waals surface area contributed by atoms with E-state index < -0.39 is 10.0 Å². The summed E-state index contributed by atoms with van der Waals surface area (Å²) >= 11 is 7.32. The fourth-order valence-corrected chi connectivity index (χ4v) is 4.90. The Hall–Kier alpha value is -1.83. The molecule has 0 aliphatic rings. The Labute approximate surface area is 148 Å². The van der Waals surface area contributed by atoms with Crippen molar-refractivity contribution in [2.75, 3.05) is 7.11 Å². The van der Waals surface area contributed by atoms with Crippen LogP contribution in [0.5, 0.6) is 5.75 Å². The molecule has 0 atom stereocenters. The number of benzene rings is 2. The van der Waals surface area contributed by atoms with Crippen LogP contribution in [0.1, 0.15) is 6.92 Å². The first-order valence-corrected chi connectivity index (χ1v) is 9.82. The Morgan fingerprint density at radius 2 is 1.92 bits per heavy atom. The van der Waals surface area contributed by atoms with Crippen molar-refractivity contribution >= 4 is 43.2 Å². The van der Waals surface area contributed by atoms with E-state index in [1.807, 2.05) is 23.6 Å². The first kappa shape index (κ1) is 17.0. The van der Waals surface area contributed by atoms with Gasteiger partial charge in [0.25, 0.3) is 10.0 Å². The van der Waals surface area contributed by atoms with Crippen molar-refractivity contribution < 1.29 is 13.2 Å². The molecule has 1 heterocycles. The molecular formula is C16H15ClN2O3S2. The number of halogens is 1. The number of hydrogen-bond donors (Lipinski definition) is 0. The number of methoxy groups -OCH3 is 1. The molecule has 0 amide bonds. The van der Waals surface area contributed by atoms with E-state index in [0.29, 0.717) is 22.1 Å². The summed E-state index contributed by atoms with van der Waals surface area (Å²) in [5.41, 5.74) is 0.913. The van der Waals surface area contributed by atoms with Crippen LogP contribution in [0, 0.1) is 0 Å². The summed E-state index contributed by atoms with van der Waals surface area (Å²) in [6.07, 6.45) is 0. The molecule has 8 heteroatoms. The molecule has 0 aliphatic carbocycles. The van der Waals surface area contributed by atoms with Crippen molar-refractivity contribution in [3.63, 3.8) is 0 Å². The molecule has 0 N–H and O–H groups in total. The molecule has 3 rings (SSSR count).